The van der Waals surface area contributed by atoms with Gasteiger partial charge in [0.2, 0.25) is 5.91 Å². The van der Waals surface area contributed by atoms with Crippen LogP contribution in [-0.4, -0.2) is 25.1 Å². The number of carbonyl (C=O) groups is 1. The number of hydrogen-bond acceptors (Lipinski definition) is 3. The Balaban J connectivity index is 2.00. The van der Waals surface area contributed by atoms with E-state index in [1.165, 1.54) is 0 Å². The summed E-state index contributed by atoms with van der Waals surface area (Å²) in [5.41, 5.74) is 6.57. The molecule has 4 nitrogen and oxygen atoms in total. The number of rotatable bonds is 7. The zero-order valence-electron chi connectivity index (χ0n) is 10.2. The molecule has 0 bridgehead atoms. The molecular weight excluding hydrogens is 216 g/mol. The van der Waals surface area contributed by atoms with Gasteiger partial charge in [-0.1, -0.05) is 30.3 Å². The lowest BCUT2D eigenvalue weighted by Gasteiger charge is -2.08. The topological polar surface area (TPSA) is 64.4 Å². The largest absolute Gasteiger partial charge is 0.377 e. The van der Waals surface area contributed by atoms with Gasteiger partial charge in [0, 0.05) is 13.2 Å². The van der Waals surface area contributed by atoms with Gasteiger partial charge < -0.3 is 15.8 Å². The first kappa shape index (κ1) is 13.7. The van der Waals surface area contributed by atoms with Crippen molar-refractivity contribution in [3.63, 3.8) is 0 Å². The third-order valence-corrected chi connectivity index (χ3v) is 2.29. The van der Waals surface area contributed by atoms with E-state index < -0.39 is 6.04 Å². The quantitative estimate of drug-likeness (QED) is 0.696. The molecule has 17 heavy (non-hydrogen) atoms. The van der Waals surface area contributed by atoms with Crippen LogP contribution in [0.25, 0.3) is 0 Å². The van der Waals surface area contributed by atoms with Crippen molar-refractivity contribution in [3.05, 3.63) is 35.9 Å². The minimum absolute atomic E-state index is 0.118. The fraction of sp³-hybridized carbons (Fsp3) is 0.462. The van der Waals surface area contributed by atoms with E-state index in [2.05, 4.69) is 5.32 Å². The van der Waals surface area contributed by atoms with Crippen LogP contribution in [0.4, 0.5) is 0 Å². The van der Waals surface area contributed by atoms with Crippen LogP contribution in [0.3, 0.4) is 0 Å². The van der Waals surface area contributed by atoms with E-state index in [0.29, 0.717) is 19.8 Å². The summed E-state index contributed by atoms with van der Waals surface area (Å²) in [6.07, 6.45) is 0.797. The van der Waals surface area contributed by atoms with Gasteiger partial charge in [0.1, 0.15) is 0 Å². The molecule has 4 heteroatoms. The van der Waals surface area contributed by atoms with Crippen molar-refractivity contribution < 1.29 is 9.53 Å². The molecule has 0 aliphatic carbocycles. The van der Waals surface area contributed by atoms with Gasteiger partial charge >= 0.3 is 0 Å². The third kappa shape index (κ3) is 6.04. The van der Waals surface area contributed by atoms with Gasteiger partial charge in [-0.15, -0.1) is 0 Å². The minimum Gasteiger partial charge on any atom is -0.377 e. The highest BCUT2D eigenvalue weighted by Gasteiger charge is 2.04. The molecule has 0 saturated heterocycles. The van der Waals surface area contributed by atoms with Gasteiger partial charge in [0.25, 0.3) is 0 Å². The summed E-state index contributed by atoms with van der Waals surface area (Å²) in [4.78, 5) is 11.1. The van der Waals surface area contributed by atoms with Gasteiger partial charge in [-0.25, -0.2) is 0 Å². The molecule has 1 amide bonds. The summed E-state index contributed by atoms with van der Waals surface area (Å²) in [6, 6.07) is 9.56. The summed E-state index contributed by atoms with van der Waals surface area (Å²) in [6.45, 7) is 3.52. The molecule has 0 aliphatic heterocycles. The molecule has 1 aromatic rings. The molecule has 0 heterocycles. The minimum atomic E-state index is -0.444. The fourth-order valence-electron chi connectivity index (χ4n) is 1.31. The Kier molecular flexibility index (Phi) is 6.29. The van der Waals surface area contributed by atoms with Crippen LogP contribution in [-0.2, 0) is 16.1 Å². The van der Waals surface area contributed by atoms with Gasteiger partial charge in [0.05, 0.1) is 12.6 Å². The van der Waals surface area contributed by atoms with Gasteiger partial charge in [0.15, 0.2) is 0 Å². The summed E-state index contributed by atoms with van der Waals surface area (Å²) in [7, 11) is 0. The molecule has 0 aliphatic rings. The molecule has 1 atom stereocenters. The van der Waals surface area contributed by atoms with Crippen molar-refractivity contribution in [2.75, 3.05) is 13.2 Å². The van der Waals surface area contributed by atoms with E-state index in [9.17, 15) is 4.79 Å². The van der Waals surface area contributed by atoms with Crippen LogP contribution in [0.1, 0.15) is 18.9 Å². The van der Waals surface area contributed by atoms with Crippen molar-refractivity contribution in [2.45, 2.75) is 26.0 Å². The van der Waals surface area contributed by atoms with Gasteiger partial charge in [-0.05, 0) is 18.9 Å². The Morgan fingerprint density at radius 2 is 2.12 bits per heavy atom. The van der Waals surface area contributed by atoms with Crippen molar-refractivity contribution in [2.24, 2.45) is 5.73 Å². The van der Waals surface area contributed by atoms with Crippen LogP contribution in [0.15, 0.2) is 30.3 Å². The van der Waals surface area contributed by atoms with Crippen LogP contribution >= 0.6 is 0 Å². The van der Waals surface area contributed by atoms with E-state index in [-0.39, 0.29) is 5.91 Å². The third-order valence-electron chi connectivity index (χ3n) is 2.29. The second-order valence-corrected chi connectivity index (χ2v) is 3.97. The number of benzene rings is 1. The highest BCUT2D eigenvalue weighted by molar-refractivity contribution is 5.80. The lowest BCUT2D eigenvalue weighted by Crippen LogP contribution is -2.38. The number of hydrogen-bond donors (Lipinski definition) is 2. The predicted molar refractivity (Wildman–Crippen MR) is 67.4 cm³/mol. The van der Waals surface area contributed by atoms with Gasteiger partial charge in [-0.2, -0.15) is 0 Å². The first-order valence-electron chi connectivity index (χ1n) is 5.85. The van der Waals surface area contributed by atoms with Crippen molar-refractivity contribution in [3.8, 4) is 0 Å². The fourth-order valence-corrected chi connectivity index (χ4v) is 1.31. The molecule has 1 aromatic carbocycles. The summed E-state index contributed by atoms with van der Waals surface area (Å²) in [5, 5.41) is 2.74. The van der Waals surface area contributed by atoms with Crippen LogP contribution in [0.2, 0.25) is 0 Å². The molecule has 1 unspecified atom stereocenters. The predicted octanol–water partition coefficient (Wildman–Crippen LogP) is 1.06. The van der Waals surface area contributed by atoms with Crippen molar-refractivity contribution in [1.82, 2.24) is 5.32 Å². The summed E-state index contributed by atoms with van der Waals surface area (Å²) < 4.78 is 5.48. The molecule has 0 radical (unpaired) electrons. The van der Waals surface area contributed by atoms with E-state index >= 15 is 0 Å². The zero-order chi connectivity index (χ0) is 12.5. The smallest absolute Gasteiger partial charge is 0.236 e. The highest BCUT2D eigenvalue weighted by Crippen LogP contribution is 2.00. The zero-order valence-corrected chi connectivity index (χ0v) is 10.2. The lowest BCUT2D eigenvalue weighted by atomic mass is 10.2. The van der Waals surface area contributed by atoms with E-state index in [1.54, 1.807) is 6.92 Å². The SMILES string of the molecule is CC(N)C(=O)NCCCOCc1ccccc1. The van der Waals surface area contributed by atoms with Crippen LogP contribution in [0, 0.1) is 0 Å². The van der Waals surface area contributed by atoms with E-state index in [1.807, 2.05) is 30.3 Å². The number of amides is 1. The van der Waals surface area contributed by atoms with E-state index in [0.717, 1.165) is 12.0 Å². The Morgan fingerprint density at radius 1 is 1.41 bits per heavy atom. The summed E-state index contributed by atoms with van der Waals surface area (Å²) in [5.74, 6) is -0.118. The standard InChI is InChI=1S/C13H20N2O2/c1-11(14)13(16)15-8-5-9-17-10-12-6-3-2-4-7-12/h2-4,6-7,11H,5,8-10,14H2,1H3,(H,15,16). The van der Waals surface area contributed by atoms with Crippen LogP contribution in [0.5, 0.6) is 0 Å². The number of carbonyl (C=O) groups excluding carboxylic acids is 1. The Hall–Kier alpha value is -1.39. The molecule has 0 fully saturated rings. The second kappa shape index (κ2) is 7.81. The maximum atomic E-state index is 11.1. The number of nitrogens with two attached hydrogens (primary N) is 1. The molecule has 1 rings (SSSR count). The monoisotopic (exact) mass is 236 g/mol. The summed E-state index contributed by atoms with van der Waals surface area (Å²) >= 11 is 0. The molecule has 0 saturated carbocycles. The highest BCUT2D eigenvalue weighted by atomic mass is 16.5. The Bertz CT molecular complexity index is 325. The first-order chi connectivity index (χ1) is 8.20. The maximum absolute atomic E-state index is 11.1. The molecule has 0 aromatic heterocycles. The van der Waals surface area contributed by atoms with Crippen molar-refractivity contribution >= 4 is 5.91 Å². The normalized spacial score (nSPS) is 12.1. The lowest BCUT2D eigenvalue weighted by molar-refractivity contribution is -0.122. The van der Waals surface area contributed by atoms with Gasteiger partial charge in [-0.3, -0.25) is 4.79 Å². The molecule has 0 spiro atoms. The van der Waals surface area contributed by atoms with Crippen molar-refractivity contribution in [1.29, 1.82) is 0 Å². The Labute approximate surface area is 102 Å². The average Bonchev–Trinajstić information content (AvgIpc) is 2.34. The second-order valence-electron chi connectivity index (χ2n) is 3.97. The van der Waals surface area contributed by atoms with E-state index in [4.69, 9.17) is 10.5 Å². The number of nitrogens with one attached hydrogen (secondary N) is 1. The molecular formula is C13H20N2O2. The Morgan fingerprint density at radius 3 is 2.76 bits per heavy atom. The van der Waals surface area contributed by atoms with Crippen LogP contribution < -0.4 is 11.1 Å². The molecule has 3 N–H and O–H groups in total. The number of ether oxygens (including phenoxy) is 1. The maximum Gasteiger partial charge on any atom is 0.236 e. The first-order valence-corrected chi connectivity index (χ1v) is 5.85. The average molecular weight is 236 g/mol. The molecule has 94 valence electrons.